The molecule has 0 saturated heterocycles. The van der Waals surface area contributed by atoms with Gasteiger partial charge in [-0.25, -0.2) is 0 Å². The second-order valence-corrected chi connectivity index (χ2v) is 3.69. The minimum atomic E-state index is 0. The molecule has 2 aromatic rings. The van der Waals surface area contributed by atoms with Gasteiger partial charge in [0.1, 0.15) is 0 Å². The third kappa shape index (κ3) is 2.03. The van der Waals surface area contributed by atoms with Crippen molar-refractivity contribution in [2.75, 3.05) is 0 Å². The monoisotopic (exact) mass is 351 g/mol. The van der Waals surface area contributed by atoms with Crippen molar-refractivity contribution in [1.29, 1.82) is 0 Å². The van der Waals surface area contributed by atoms with E-state index in [4.69, 9.17) is 0 Å². The van der Waals surface area contributed by atoms with Crippen LogP contribution >= 0.6 is 0 Å². The third-order valence-corrected chi connectivity index (χ3v) is 2.86. The smallest absolute Gasteiger partial charge is 0 e. The van der Waals surface area contributed by atoms with Gasteiger partial charge >= 0.3 is 0 Å². The second kappa shape index (κ2) is 4.97. The van der Waals surface area contributed by atoms with Gasteiger partial charge in [0.2, 0.25) is 0 Å². The molecule has 0 radical (unpaired) electrons. The minimum absolute atomic E-state index is 0. The largest absolute Gasteiger partial charge is 0.151 e. The van der Waals surface area contributed by atoms with Gasteiger partial charge in [-0.3, -0.25) is 0 Å². The predicted molar refractivity (Wildman–Crippen MR) is 58.2 cm³/mol. The van der Waals surface area contributed by atoms with Gasteiger partial charge in [-0.05, 0) is 0 Å². The fraction of sp³-hybridized carbons (Fsp3) is 0.308. The topological polar surface area (TPSA) is 0 Å². The average molecular weight is 350 g/mol. The van der Waals surface area contributed by atoms with E-state index in [1.807, 2.05) is 0 Å². The molecule has 0 aliphatic rings. The van der Waals surface area contributed by atoms with Crippen LogP contribution in [0, 0.1) is 0 Å². The molecule has 0 nitrogen and oxygen atoms in total. The molecule has 0 heterocycles. The van der Waals surface area contributed by atoms with E-state index in [2.05, 4.69) is 50.2 Å². The predicted octanol–water partition coefficient (Wildman–Crippen LogP) is 4.07. The molecule has 0 bridgehead atoms. The number of hydrogen-bond donors (Lipinski definition) is 0. The van der Waals surface area contributed by atoms with Gasteiger partial charge in [-0.1, -0.05) is 32.3 Å². The van der Waals surface area contributed by atoms with Crippen molar-refractivity contribution in [3.05, 3.63) is 42.0 Å². The number of benzene rings is 1. The summed E-state index contributed by atoms with van der Waals surface area (Å²) in [6.07, 6.45) is 1.22. The Morgan fingerprint density at radius 3 is 2.71 bits per heavy atom. The number of fused-ring (bicyclic) bond motifs is 1. The maximum Gasteiger partial charge on any atom is 0 e. The Labute approximate surface area is 104 Å². The van der Waals surface area contributed by atoms with Crippen molar-refractivity contribution in [3.8, 4) is 0 Å². The quantitative estimate of drug-likeness (QED) is 0.566. The first-order chi connectivity index (χ1) is 6.33. The van der Waals surface area contributed by atoms with Crippen LogP contribution in [0.3, 0.4) is 0 Å². The summed E-state index contributed by atoms with van der Waals surface area (Å²) in [5, 5.41) is 2.80. The summed E-state index contributed by atoms with van der Waals surface area (Å²) in [6, 6.07) is 13.1. The molecule has 0 spiro atoms. The van der Waals surface area contributed by atoms with Crippen molar-refractivity contribution in [2.45, 2.75) is 26.2 Å². The maximum absolute atomic E-state index is 2.29. The van der Waals surface area contributed by atoms with Crippen molar-refractivity contribution < 1.29 is 25.8 Å². The molecular weight excluding hydrogens is 335 g/mol. The first-order valence-corrected chi connectivity index (χ1v) is 4.97. The van der Waals surface area contributed by atoms with E-state index in [0.29, 0.717) is 5.92 Å². The Hall–Kier alpha value is -0.300. The van der Waals surface area contributed by atoms with Gasteiger partial charge in [-0.15, -0.1) is 41.1 Å². The van der Waals surface area contributed by atoms with Gasteiger partial charge in [0.25, 0.3) is 0 Å². The van der Waals surface area contributed by atoms with E-state index < -0.39 is 0 Å². The van der Waals surface area contributed by atoms with Crippen LogP contribution in [-0.4, -0.2) is 0 Å². The summed E-state index contributed by atoms with van der Waals surface area (Å²) < 4.78 is 0. The molecule has 0 amide bonds. The summed E-state index contributed by atoms with van der Waals surface area (Å²) in [6.45, 7) is 4.54. The summed E-state index contributed by atoms with van der Waals surface area (Å²) in [7, 11) is 0. The van der Waals surface area contributed by atoms with Crippen LogP contribution in [0.1, 0.15) is 31.7 Å². The summed E-state index contributed by atoms with van der Waals surface area (Å²) in [4.78, 5) is 0. The van der Waals surface area contributed by atoms with Gasteiger partial charge in [-0.2, -0.15) is 5.56 Å². The second-order valence-electron chi connectivity index (χ2n) is 3.69. The van der Waals surface area contributed by atoms with E-state index in [0.717, 1.165) is 0 Å². The van der Waals surface area contributed by atoms with Crippen LogP contribution in [0.5, 0.6) is 0 Å². The molecule has 2 rings (SSSR count). The van der Waals surface area contributed by atoms with Crippen LogP contribution < -0.4 is 0 Å². The van der Waals surface area contributed by atoms with E-state index in [-0.39, 0.29) is 25.8 Å². The zero-order valence-electron chi connectivity index (χ0n) is 8.75. The van der Waals surface area contributed by atoms with E-state index in [9.17, 15) is 0 Å². The Balaban J connectivity index is 0.000000980. The van der Waals surface area contributed by atoms with Crippen molar-refractivity contribution in [2.24, 2.45) is 0 Å². The van der Waals surface area contributed by atoms with Crippen LogP contribution in [0.2, 0.25) is 0 Å². The summed E-state index contributed by atoms with van der Waals surface area (Å²) >= 11 is 0. The normalized spacial score (nSPS) is 12.4. The molecule has 0 N–H and O–H groups in total. The first-order valence-electron chi connectivity index (χ1n) is 4.97. The first kappa shape index (κ1) is 11.8. The zero-order valence-corrected chi connectivity index (χ0v) is 12.3. The van der Waals surface area contributed by atoms with Crippen molar-refractivity contribution in [1.82, 2.24) is 0 Å². The Bertz CT molecular complexity index is 400. The molecule has 0 aliphatic carbocycles. The number of hydrogen-bond acceptors (Lipinski definition) is 0. The molecule has 1 atom stereocenters. The van der Waals surface area contributed by atoms with Crippen LogP contribution in [0.4, 0.5) is 0 Å². The van der Waals surface area contributed by atoms with Gasteiger partial charge in [0.05, 0.1) is 0 Å². The molecule has 72 valence electrons. The average Bonchev–Trinajstić information content (AvgIpc) is 2.60. The molecule has 1 unspecified atom stereocenters. The molecular formula is C13H15Hf-. The molecule has 14 heavy (non-hydrogen) atoms. The van der Waals surface area contributed by atoms with E-state index >= 15 is 0 Å². The molecule has 0 saturated carbocycles. The SMILES string of the molecule is CCC(C)c1c[cH-]c2ccccc12.[Hf]. The summed E-state index contributed by atoms with van der Waals surface area (Å²) in [5.74, 6) is 0.680. The Kier molecular flexibility index (Phi) is 4.18. The molecule has 0 fully saturated rings. The number of rotatable bonds is 2. The van der Waals surface area contributed by atoms with Crippen LogP contribution in [0.25, 0.3) is 10.8 Å². The fourth-order valence-corrected chi connectivity index (χ4v) is 1.82. The van der Waals surface area contributed by atoms with Crippen LogP contribution in [-0.2, 0) is 25.8 Å². The fourth-order valence-electron chi connectivity index (χ4n) is 1.82. The van der Waals surface area contributed by atoms with E-state index in [1.54, 1.807) is 0 Å². The standard InChI is InChI=1S/C13H15.Hf/c1-3-10(2)12-9-8-11-6-4-5-7-13(11)12;/h4-10H,3H2,1-2H3;/q-1;. The maximum atomic E-state index is 2.29. The molecule has 2 aromatic carbocycles. The third-order valence-electron chi connectivity index (χ3n) is 2.86. The van der Waals surface area contributed by atoms with E-state index in [1.165, 1.54) is 22.8 Å². The zero-order chi connectivity index (χ0) is 9.26. The van der Waals surface area contributed by atoms with Gasteiger partial charge in [0, 0.05) is 25.8 Å². The Morgan fingerprint density at radius 1 is 1.29 bits per heavy atom. The van der Waals surface area contributed by atoms with Gasteiger partial charge in [0.15, 0.2) is 0 Å². The molecule has 1 heteroatoms. The van der Waals surface area contributed by atoms with Crippen LogP contribution in [0.15, 0.2) is 36.4 Å². The van der Waals surface area contributed by atoms with Gasteiger partial charge < -0.3 is 0 Å². The van der Waals surface area contributed by atoms with Crippen molar-refractivity contribution >= 4 is 10.8 Å². The minimum Gasteiger partial charge on any atom is -0.151 e. The molecule has 0 aromatic heterocycles. The summed E-state index contributed by atoms with van der Waals surface area (Å²) in [5.41, 5.74) is 1.50. The molecule has 0 aliphatic heterocycles. The Morgan fingerprint density at radius 2 is 2.00 bits per heavy atom. The van der Waals surface area contributed by atoms with Crippen molar-refractivity contribution in [3.63, 3.8) is 0 Å².